The number of rotatable bonds is 6. The van der Waals surface area contributed by atoms with Gasteiger partial charge in [0.05, 0.1) is 13.0 Å². The summed E-state index contributed by atoms with van der Waals surface area (Å²) in [6.07, 6.45) is 3.64. The molecule has 1 aliphatic carbocycles. The lowest BCUT2D eigenvalue weighted by atomic mass is 10.1. The maximum absolute atomic E-state index is 11.2. The molecule has 74 valence electrons. The summed E-state index contributed by atoms with van der Waals surface area (Å²) in [5, 5.41) is 0. The highest BCUT2D eigenvalue weighted by Crippen LogP contribution is 2.32. The zero-order chi connectivity index (χ0) is 9.68. The first-order valence-corrected chi connectivity index (χ1v) is 4.89. The van der Waals surface area contributed by atoms with Crippen LogP contribution in [0.3, 0.4) is 0 Å². The molecule has 0 aliphatic heterocycles. The maximum atomic E-state index is 11.2. The van der Waals surface area contributed by atoms with Gasteiger partial charge in [0.2, 0.25) is 0 Å². The van der Waals surface area contributed by atoms with Crippen molar-refractivity contribution in [3.8, 4) is 0 Å². The Morgan fingerprint density at radius 1 is 1.31 bits per heavy atom. The second-order valence-corrected chi connectivity index (χ2v) is 3.49. The molecule has 0 unspecified atom stereocenters. The third kappa shape index (κ3) is 4.65. The van der Waals surface area contributed by atoms with Crippen LogP contribution in [-0.4, -0.2) is 18.4 Å². The molecule has 0 bridgehead atoms. The smallest absolute Gasteiger partial charge is 0.306 e. The average molecular weight is 184 g/mol. The molecule has 1 rings (SSSR count). The summed E-state index contributed by atoms with van der Waals surface area (Å²) in [4.78, 5) is 22.1. The van der Waals surface area contributed by atoms with Gasteiger partial charge in [0.15, 0.2) is 0 Å². The third-order valence-corrected chi connectivity index (χ3v) is 2.13. The summed E-state index contributed by atoms with van der Waals surface area (Å²) in [7, 11) is 0. The van der Waals surface area contributed by atoms with Crippen LogP contribution in [0.1, 0.15) is 39.0 Å². The van der Waals surface area contributed by atoms with E-state index in [1.807, 2.05) is 0 Å². The molecule has 0 amide bonds. The zero-order valence-corrected chi connectivity index (χ0v) is 8.04. The van der Waals surface area contributed by atoms with Gasteiger partial charge in [-0.05, 0) is 25.7 Å². The Balaban J connectivity index is 2.02. The van der Waals surface area contributed by atoms with Crippen molar-refractivity contribution in [1.29, 1.82) is 0 Å². The van der Waals surface area contributed by atoms with E-state index in [4.69, 9.17) is 4.74 Å². The number of esters is 1. The molecule has 0 spiro atoms. The fourth-order valence-corrected chi connectivity index (χ4v) is 1.22. The highest BCUT2D eigenvalue weighted by atomic mass is 16.5. The molecule has 0 heterocycles. The van der Waals surface area contributed by atoms with Crippen molar-refractivity contribution in [2.45, 2.75) is 39.0 Å². The molecule has 0 aromatic carbocycles. The minimum atomic E-state index is -0.258. The molecular weight excluding hydrogens is 168 g/mol. The lowest BCUT2D eigenvalue weighted by Gasteiger charge is -2.00. The molecule has 1 saturated carbocycles. The molecule has 1 aliphatic rings. The van der Waals surface area contributed by atoms with E-state index >= 15 is 0 Å². The quantitative estimate of drug-likeness (QED) is 0.590. The van der Waals surface area contributed by atoms with E-state index in [-0.39, 0.29) is 18.2 Å². The van der Waals surface area contributed by atoms with Gasteiger partial charge in [-0.3, -0.25) is 9.59 Å². The third-order valence-electron chi connectivity index (χ3n) is 2.13. The van der Waals surface area contributed by atoms with Gasteiger partial charge in [0, 0.05) is 12.8 Å². The fourth-order valence-electron chi connectivity index (χ4n) is 1.22. The first-order chi connectivity index (χ1) is 6.22. The average Bonchev–Trinajstić information content (AvgIpc) is 2.85. The molecule has 3 heteroatoms. The highest BCUT2D eigenvalue weighted by Gasteiger charge is 2.24. The molecule has 13 heavy (non-hydrogen) atoms. The molecule has 0 N–H and O–H groups in total. The number of carbonyl (C=O) groups excluding carboxylic acids is 2. The van der Waals surface area contributed by atoms with Gasteiger partial charge in [0.1, 0.15) is 5.78 Å². The Bertz CT molecular complexity index is 194. The Labute approximate surface area is 78.5 Å². The van der Waals surface area contributed by atoms with Gasteiger partial charge in [-0.15, -0.1) is 0 Å². The van der Waals surface area contributed by atoms with E-state index in [9.17, 15) is 9.59 Å². The molecular formula is C10H16O3. The van der Waals surface area contributed by atoms with Crippen LogP contribution in [0.5, 0.6) is 0 Å². The van der Waals surface area contributed by atoms with Gasteiger partial charge in [-0.1, -0.05) is 0 Å². The van der Waals surface area contributed by atoms with Crippen molar-refractivity contribution in [3.05, 3.63) is 0 Å². The summed E-state index contributed by atoms with van der Waals surface area (Å²) < 4.78 is 4.72. The van der Waals surface area contributed by atoms with E-state index in [0.717, 1.165) is 0 Å². The normalized spacial score (nSPS) is 15.5. The Hall–Kier alpha value is -0.860. The molecule has 0 aromatic heterocycles. The summed E-state index contributed by atoms with van der Waals surface area (Å²) >= 11 is 0. The number of ketones is 1. The van der Waals surface area contributed by atoms with Gasteiger partial charge in [-0.2, -0.15) is 0 Å². The summed E-state index contributed by atoms with van der Waals surface area (Å²) in [6, 6.07) is 0. The minimum Gasteiger partial charge on any atom is -0.466 e. The monoisotopic (exact) mass is 184 g/mol. The van der Waals surface area contributed by atoms with Crippen LogP contribution in [0.2, 0.25) is 0 Å². The number of carbonyl (C=O) groups is 2. The lowest BCUT2D eigenvalue weighted by molar-refractivity contribution is -0.144. The largest absolute Gasteiger partial charge is 0.466 e. The first-order valence-electron chi connectivity index (χ1n) is 4.89. The zero-order valence-electron chi connectivity index (χ0n) is 8.04. The highest BCUT2D eigenvalue weighted by molar-refractivity contribution is 5.83. The maximum Gasteiger partial charge on any atom is 0.306 e. The predicted molar refractivity (Wildman–Crippen MR) is 48.2 cm³/mol. The van der Waals surface area contributed by atoms with Crippen molar-refractivity contribution in [1.82, 2.24) is 0 Å². The van der Waals surface area contributed by atoms with Crippen molar-refractivity contribution in [2.24, 2.45) is 5.92 Å². The molecule has 0 atom stereocenters. The van der Waals surface area contributed by atoms with E-state index < -0.39 is 0 Å². The molecule has 1 fully saturated rings. The second kappa shape index (κ2) is 5.00. The minimum absolute atomic E-state index is 0.204. The van der Waals surface area contributed by atoms with Crippen LogP contribution in [0.25, 0.3) is 0 Å². The van der Waals surface area contributed by atoms with Crippen molar-refractivity contribution in [2.75, 3.05) is 6.61 Å². The van der Waals surface area contributed by atoms with Gasteiger partial charge in [0.25, 0.3) is 0 Å². The predicted octanol–water partition coefficient (Wildman–Crippen LogP) is 1.70. The number of hydrogen-bond acceptors (Lipinski definition) is 3. The Morgan fingerprint density at radius 3 is 2.54 bits per heavy atom. The topological polar surface area (TPSA) is 43.4 Å². The fraction of sp³-hybridized carbons (Fsp3) is 0.800. The van der Waals surface area contributed by atoms with Crippen LogP contribution < -0.4 is 0 Å². The van der Waals surface area contributed by atoms with Crippen LogP contribution >= 0.6 is 0 Å². The number of Topliss-reactive ketones (excluding diaryl/α,β-unsaturated/α-hetero) is 1. The van der Waals surface area contributed by atoms with Crippen LogP contribution in [0.15, 0.2) is 0 Å². The van der Waals surface area contributed by atoms with Crippen LogP contribution in [0, 0.1) is 5.92 Å². The molecule has 0 aromatic rings. The SMILES string of the molecule is CCOC(=O)CCC(=O)CC1CC1. The summed E-state index contributed by atoms with van der Waals surface area (Å²) in [5.41, 5.74) is 0. The van der Waals surface area contributed by atoms with Crippen molar-refractivity contribution in [3.63, 3.8) is 0 Å². The second-order valence-electron chi connectivity index (χ2n) is 3.49. The van der Waals surface area contributed by atoms with Crippen molar-refractivity contribution < 1.29 is 14.3 Å². The molecule has 3 nitrogen and oxygen atoms in total. The van der Waals surface area contributed by atoms with E-state index in [2.05, 4.69) is 0 Å². The van der Waals surface area contributed by atoms with Gasteiger partial charge in [-0.25, -0.2) is 0 Å². The summed E-state index contributed by atoms with van der Waals surface area (Å²) in [5.74, 6) is 0.567. The van der Waals surface area contributed by atoms with E-state index in [1.54, 1.807) is 6.92 Å². The van der Waals surface area contributed by atoms with E-state index in [1.165, 1.54) is 12.8 Å². The van der Waals surface area contributed by atoms with Crippen molar-refractivity contribution >= 4 is 11.8 Å². The first kappa shape index (κ1) is 10.2. The lowest BCUT2D eigenvalue weighted by Crippen LogP contribution is -2.07. The van der Waals surface area contributed by atoms with Crippen LogP contribution in [0.4, 0.5) is 0 Å². The van der Waals surface area contributed by atoms with Crippen LogP contribution in [-0.2, 0) is 14.3 Å². The van der Waals surface area contributed by atoms with E-state index in [0.29, 0.717) is 25.4 Å². The number of hydrogen-bond donors (Lipinski definition) is 0. The number of ether oxygens (including phenoxy) is 1. The van der Waals surface area contributed by atoms with Gasteiger partial charge >= 0.3 is 5.97 Å². The molecule has 0 saturated heterocycles. The molecule has 0 radical (unpaired) electrons. The Morgan fingerprint density at radius 2 is 2.00 bits per heavy atom. The Kier molecular flexibility index (Phi) is 3.93. The standard InChI is InChI=1S/C10H16O3/c1-2-13-10(12)6-5-9(11)7-8-3-4-8/h8H,2-7H2,1H3. The summed E-state index contributed by atoms with van der Waals surface area (Å²) in [6.45, 7) is 2.17. The van der Waals surface area contributed by atoms with Gasteiger partial charge < -0.3 is 4.74 Å².